The molecule has 0 saturated heterocycles. The molecule has 0 aromatic heterocycles. The van der Waals surface area contributed by atoms with Gasteiger partial charge in [-0.05, 0) is 23.7 Å². The lowest BCUT2D eigenvalue weighted by Crippen LogP contribution is -1.89. The summed E-state index contributed by atoms with van der Waals surface area (Å²) in [5, 5.41) is 11.3. The van der Waals surface area contributed by atoms with E-state index >= 15 is 0 Å². The van der Waals surface area contributed by atoms with Crippen LogP contribution in [0.15, 0.2) is 17.3 Å². The molecule has 0 spiro atoms. The van der Waals surface area contributed by atoms with Crippen LogP contribution in [0.4, 0.5) is 10.1 Å². The predicted octanol–water partition coefficient (Wildman–Crippen LogP) is 2.02. The first kappa shape index (κ1) is 8.80. The molecule has 0 heterocycles. The molecule has 0 bridgehead atoms. The van der Waals surface area contributed by atoms with Crippen molar-refractivity contribution in [2.75, 3.05) is 0 Å². The summed E-state index contributed by atoms with van der Waals surface area (Å²) in [4.78, 5) is 10.1. The molecule has 3 nitrogen and oxygen atoms in total. The van der Waals surface area contributed by atoms with Crippen LogP contribution in [0.1, 0.15) is 11.1 Å². The van der Waals surface area contributed by atoms with Gasteiger partial charge in [0.15, 0.2) is 0 Å². The molecule has 0 aliphatic carbocycles. The van der Waals surface area contributed by atoms with Crippen LogP contribution in [0.25, 0.3) is 0 Å². The van der Waals surface area contributed by atoms with Crippen LogP contribution in [0.2, 0.25) is 0 Å². The zero-order valence-corrected chi connectivity index (χ0v) is 6.54. The molecule has 1 aromatic carbocycles. The van der Waals surface area contributed by atoms with E-state index in [1.165, 1.54) is 6.07 Å². The second-order valence-corrected chi connectivity index (χ2v) is 2.48. The second kappa shape index (κ2) is 3.40. The molecule has 0 amide bonds. The van der Waals surface area contributed by atoms with E-state index in [4.69, 9.17) is 5.11 Å². The smallest absolute Gasteiger partial charge is 0.128 e. The van der Waals surface area contributed by atoms with Gasteiger partial charge in [0.2, 0.25) is 0 Å². The molecule has 0 atom stereocenters. The summed E-state index contributed by atoms with van der Waals surface area (Å²) in [7, 11) is 0. The number of halogens is 1. The Morgan fingerprint density at radius 2 is 2.25 bits per heavy atom. The van der Waals surface area contributed by atoms with Crippen molar-refractivity contribution < 1.29 is 9.50 Å². The van der Waals surface area contributed by atoms with E-state index in [2.05, 4.69) is 5.18 Å². The number of hydrogen-bond donors (Lipinski definition) is 1. The Labute approximate surface area is 68.8 Å². The van der Waals surface area contributed by atoms with Gasteiger partial charge in [-0.15, -0.1) is 4.91 Å². The van der Waals surface area contributed by atoms with Crippen LogP contribution >= 0.6 is 0 Å². The Bertz CT molecular complexity index is 312. The third-order valence-electron chi connectivity index (χ3n) is 1.63. The number of aliphatic hydroxyl groups excluding tert-OH is 1. The van der Waals surface area contributed by atoms with Crippen molar-refractivity contribution >= 4 is 5.69 Å². The Hall–Kier alpha value is -1.29. The zero-order valence-electron chi connectivity index (χ0n) is 6.54. The fourth-order valence-electron chi connectivity index (χ4n) is 0.942. The van der Waals surface area contributed by atoms with Gasteiger partial charge in [0.25, 0.3) is 0 Å². The molecular formula is C8H8FNO2. The lowest BCUT2D eigenvalue weighted by molar-refractivity contribution is 0.282. The van der Waals surface area contributed by atoms with E-state index in [1.54, 1.807) is 6.92 Å². The molecule has 0 fully saturated rings. The van der Waals surface area contributed by atoms with E-state index in [9.17, 15) is 9.30 Å². The highest BCUT2D eigenvalue weighted by atomic mass is 19.1. The largest absolute Gasteiger partial charge is 0.392 e. The maximum Gasteiger partial charge on any atom is 0.128 e. The van der Waals surface area contributed by atoms with Gasteiger partial charge >= 0.3 is 0 Å². The molecule has 0 unspecified atom stereocenters. The van der Waals surface area contributed by atoms with Crippen molar-refractivity contribution in [3.05, 3.63) is 34.0 Å². The van der Waals surface area contributed by atoms with Gasteiger partial charge in [-0.25, -0.2) is 4.39 Å². The first-order chi connectivity index (χ1) is 5.69. The fraction of sp³-hybridized carbons (Fsp3) is 0.250. The van der Waals surface area contributed by atoms with Crippen LogP contribution in [0, 0.1) is 17.6 Å². The summed E-state index contributed by atoms with van der Waals surface area (Å²) in [5.41, 5.74) is 0.705. The fourth-order valence-corrected chi connectivity index (χ4v) is 0.942. The van der Waals surface area contributed by atoms with Crippen LogP contribution in [0.5, 0.6) is 0 Å². The molecule has 0 saturated carbocycles. The quantitative estimate of drug-likeness (QED) is 0.688. The van der Waals surface area contributed by atoms with E-state index in [1.807, 2.05) is 0 Å². The number of rotatable bonds is 2. The van der Waals surface area contributed by atoms with Gasteiger partial charge in [-0.2, -0.15) is 0 Å². The van der Waals surface area contributed by atoms with Crippen molar-refractivity contribution in [1.29, 1.82) is 0 Å². The lowest BCUT2D eigenvalue weighted by atomic mass is 10.1. The maximum absolute atomic E-state index is 12.8. The van der Waals surface area contributed by atoms with Gasteiger partial charge in [0, 0.05) is 11.6 Å². The molecule has 1 aromatic rings. The Balaban J connectivity index is 3.28. The second-order valence-electron chi connectivity index (χ2n) is 2.48. The monoisotopic (exact) mass is 169 g/mol. The summed E-state index contributed by atoms with van der Waals surface area (Å²) in [6.45, 7) is 1.26. The van der Waals surface area contributed by atoms with Crippen LogP contribution in [0.3, 0.4) is 0 Å². The zero-order chi connectivity index (χ0) is 9.14. The number of hydrogen-bond acceptors (Lipinski definition) is 3. The van der Waals surface area contributed by atoms with E-state index in [0.717, 1.165) is 6.07 Å². The summed E-state index contributed by atoms with van der Waals surface area (Å²) < 4.78 is 12.8. The van der Waals surface area contributed by atoms with Crippen molar-refractivity contribution in [2.24, 2.45) is 5.18 Å². The van der Waals surface area contributed by atoms with Crippen LogP contribution in [-0.2, 0) is 6.61 Å². The van der Waals surface area contributed by atoms with E-state index in [0.29, 0.717) is 11.1 Å². The van der Waals surface area contributed by atoms with Crippen molar-refractivity contribution in [2.45, 2.75) is 13.5 Å². The van der Waals surface area contributed by atoms with E-state index < -0.39 is 5.82 Å². The average Bonchev–Trinajstić information content (AvgIpc) is 2.09. The summed E-state index contributed by atoms with van der Waals surface area (Å²) in [6, 6.07) is 2.43. The Morgan fingerprint density at radius 3 is 2.75 bits per heavy atom. The van der Waals surface area contributed by atoms with Crippen molar-refractivity contribution in [3.8, 4) is 0 Å². The topological polar surface area (TPSA) is 49.7 Å². The number of nitroso groups, excluding NO2 is 1. The summed E-state index contributed by atoms with van der Waals surface area (Å²) >= 11 is 0. The molecule has 0 radical (unpaired) electrons. The van der Waals surface area contributed by atoms with Crippen molar-refractivity contribution in [3.63, 3.8) is 0 Å². The molecule has 0 aliphatic rings. The Kier molecular flexibility index (Phi) is 2.50. The molecule has 12 heavy (non-hydrogen) atoms. The lowest BCUT2D eigenvalue weighted by Gasteiger charge is -2.01. The SMILES string of the molecule is Cc1cc(CO)c(N=O)cc1F. The first-order valence-corrected chi connectivity index (χ1v) is 3.42. The highest BCUT2D eigenvalue weighted by Crippen LogP contribution is 2.22. The predicted molar refractivity (Wildman–Crippen MR) is 42.5 cm³/mol. The minimum Gasteiger partial charge on any atom is -0.392 e. The molecule has 64 valence electrons. The van der Waals surface area contributed by atoms with Crippen LogP contribution < -0.4 is 0 Å². The summed E-state index contributed by atoms with van der Waals surface area (Å²) in [6.07, 6.45) is 0. The number of aliphatic hydroxyl groups is 1. The number of nitrogens with zero attached hydrogens (tertiary/aromatic N) is 1. The van der Waals surface area contributed by atoms with Crippen LogP contribution in [-0.4, -0.2) is 5.11 Å². The third kappa shape index (κ3) is 1.48. The molecule has 0 aliphatic heterocycles. The van der Waals surface area contributed by atoms with Gasteiger partial charge < -0.3 is 5.11 Å². The van der Waals surface area contributed by atoms with Crippen molar-refractivity contribution in [1.82, 2.24) is 0 Å². The Morgan fingerprint density at radius 1 is 1.58 bits per heavy atom. The highest BCUT2D eigenvalue weighted by molar-refractivity contribution is 5.47. The minimum atomic E-state index is -0.484. The third-order valence-corrected chi connectivity index (χ3v) is 1.63. The standard InChI is InChI=1S/C8H8FNO2/c1-5-2-6(4-11)8(10-12)3-7(5)9/h2-3,11H,4H2,1H3. The van der Waals surface area contributed by atoms with Gasteiger partial charge in [-0.1, -0.05) is 0 Å². The average molecular weight is 169 g/mol. The molecular weight excluding hydrogens is 161 g/mol. The highest BCUT2D eigenvalue weighted by Gasteiger charge is 2.06. The van der Waals surface area contributed by atoms with Gasteiger partial charge in [0.05, 0.1) is 6.61 Å². The number of aryl methyl sites for hydroxylation is 1. The summed E-state index contributed by atoms with van der Waals surface area (Å²) in [5.74, 6) is -0.484. The van der Waals surface area contributed by atoms with Gasteiger partial charge in [-0.3, -0.25) is 0 Å². The van der Waals surface area contributed by atoms with Gasteiger partial charge in [0.1, 0.15) is 11.5 Å². The number of benzene rings is 1. The van der Waals surface area contributed by atoms with E-state index in [-0.39, 0.29) is 12.3 Å². The molecule has 1 rings (SSSR count). The minimum absolute atomic E-state index is 0.0411. The maximum atomic E-state index is 12.8. The first-order valence-electron chi connectivity index (χ1n) is 3.42. The molecule has 4 heteroatoms. The normalized spacial score (nSPS) is 9.92. The molecule has 1 N–H and O–H groups in total.